The molecule has 1 aliphatic heterocycles. The summed E-state index contributed by atoms with van der Waals surface area (Å²) in [5.74, 6) is -0.525. The molecule has 4 N–H and O–H groups in total. The van der Waals surface area contributed by atoms with Crippen LogP contribution in [0.5, 0.6) is 5.75 Å². The van der Waals surface area contributed by atoms with E-state index in [-0.39, 0.29) is 21.6 Å². The monoisotopic (exact) mass is 469 g/mol. The maximum atomic E-state index is 13.1. The van der Waals surface area contributed by atoms with Gasteiger partial charge in [0.15, 0.2) is 15.6 Å². The van der Waals surface area contributed by atoms with Crippen molar-refractivity contribution in [1.82, 2.24) is 10.6 Å². The number of benzene rings is 1. The third-order valence-electron chi connectivity index (χ3n) is 5.66. The number of halogens is 1. The Morgan fingerprint density at radius 3 is 2.83 bits per heavy atom. The van der Waals surface area contributed by atoms with Gasteiger partial charge in [-0.15, -0.1) is 11.3 Å². The number of phenols is 1. The Morgan fingerprint density at radius 2 is 2.07 bits per heavy atom. The van der Waals surface area contributed by atoms with Crippen molar-refractivity contribution in [3.8, 4) is 5.75 Å². The van der Waals surface area contributed by atoms with Crippen LogP contribution in [0, 0.1) is 0 Å². The van der Waals surface area contributed by atoms with Gasteiger partial charge in [0, 0.05) is 11.4 Å². The second-order valence-electron chi connectivity index (χ2n) is 7.63. The molecule has 1 aromatic heterocycles. The van der Waals surface area contributed by atoms with Gasteiger partial charge in [0.2, 0.25) is 0 Å². The second-order valence-corrected chi connectivity index (χ2v) is 11.2. The molecular formula is C20H24ClN3O4S2. The molecule has 7 nitrogen and oxygen atoms in total. The van der Waals surface area contributed by atoms with E-state index in [1.54, 1.807) is 11.3 Å². The van der Waals surface area contributed by atoms with Gasteiger partial charge in [-0.3, -0.25) is 0 Å². The predicted molar refractivity (Wildman–Crippen MR) is 118 cm³/mol. The molecule has 1 fully saturated rings. The van der Waals surface area contributed by atoms with Gasteiger partial charge in [-0.1, -0.05) is 11.6 Å². The number of hydrogen-bond acceptors (Lipinski definition) is 6. The fraction of sp³-hybridized carbons (Fsp3) is 0.450. The van der Waals surface area contributed by atoms with Gasteiger partial charge >= 0.3 is 6.03 Å². The molecule has 30 heavy (non-hydrogen) atoms. The van der Waals surface area contributed by atoms with Crippen molar-refractivity contribution in [2.45, 2.75) is 48.3 Å². The number of fused-ring (bicyclic) bond motifs is 1. The third-order valence-corrected chi connectivity index (χ3v) is 9.35. The molecule has 1 unspecified atom stereocenters. The minimum atomic E-state index is -3.86. The van der Waals surface area contributed by atoms with E-state index in [4.69, 9.17) is 11.6 Å². The van der Waals surface area contributed by atoms with E-state index in [1.165, 1.54) is 17.0 Å². The number of aromatic hydroxyl groups is 1. The quantitative estimate of drug-likeness (QED) is 0.509. The Kier molecular flexibility index (Phi) is 6.24. The third kappa shape index (κ3) is 4.16. The Labute approximate surface area is 184 Å². The van der Waals surface area contributed by atoms with Gasteiger partial charge in [-0.25, -0.2) is 13.2 Å². The minimum absolute atomic E-state index is 0.0144. The smallest absolute Gasteiger partial charge is 0.319 e. The predicted octanol–water partition coefficient (Wildman–Crippen LogP) is 3.83. The number of aryl methyl sites for hydroxylation is 1. The van der Waals surface area contributed by atoms with Crippen LogP contribution in [0.2, 0.25) is 5.02 Å². The molecule has 0 saturated carbocycles. The first kappa shape index (κ1) is 21.4. The maximum absolute atomic E-state index is 13.1. The lowest BCUT2D eigenvalue weighted by atomic mass is 9.94. The van der Waals surface area contributed by atoms with Crippen molar-refractivity contribution in [2.24, 2.45) is 0 Å². The molecule has 4 rings (SSSR count). The molecule has 2 heterocycles. The number of rotatable bonds is 4. The molecule has 0 spiro atoms. The molecule has 1 aromatic carbocycles. The van der Waals surface area contributed by atoms with Crippen molar-refractivity contribution in [2.75, 3.05) is 18.4 Å². The van der Waals surface area contributed by atoms with Crippen LogP contribution in [0.3, 0.4) is 0 Å². The van der Waals surface area contributed by atoms with E-state index in [1.807, 2.05) is 11.4 Å². The van der Waals surface area contributed by atoms with Crippen LogP contribution < -0.4 is 16.0 Å². The first-order valence-corrected chi connectivity index (χ1v) is 12.8. The lowest BCUT2D eigenvalue weighted by Crippen LogP contribution is -2.39. The Morgan fingerprint density at radius 1 is 1.23 bits per heavy atom. The number of sulfone groups is 1. The number of anilines is 1. The summed E-state index contributed by atoms with van der Waals surface area (Å²) in [5.41, 5.74) is 1.13. The fourth-order valence-corrected chi connectivity index (χ4v) is 7.45. The average Bonchev–Trinajstić information content (AvgIpc) is 3.21. The van der Waals surface area contributed by atoms with E-state index < -0.39 is 26.9 Å². The molecule has 2 amide bonds. The van der Waals surface area contributed by atoms with Gasteiger partial charge in [0.05, 0.1) is 22.0 Å². The van der Waals surface area contributed by atoms with Gasteiger partial charge in [0.25, 0.3) is 0 Å². The summed E-state index contributed by atoms with van der Waals surface area (Å²) < 4.78 is 26.2. The standard InChI is InChI=1S/C20H24ClN3O4S2/c21-14-6-7-16(18(25)19(14)30(27,28)12-3-2-9-22-11-12)24-20(26)23-15-4-1-5-17-13(15)8-10-29-17/h6-8,10,12,15,22,25H,1-5,9,11H2,(H2,23,24,26)/t12?,15-/m0/s1. The van der Waals surface area contributed by atoms with Crippen LogP contribution in [-0.4, -0.2) is 37.9 Å². The number of carbonyl (C=O) groups is 1. The number of urea groups is 1. The molecular weight excluding hydrogens is 446 g/mol. The van der Waals surface area contributed by atoms with Gasteiger partial charge in [0.1, 0.15) is 4.90 Å². The first-order valence-electron chi connectivity index (χ1n) is 9.98. The lowest BCUT2D eigenvalue weighted by Gasteiger charge is -2.25. The zero-order valence-corrected chi connectivity index (χ0v) is 18.7. The minimum Gasteiger partial charge on any atom is -0.504 e. The summed E-state index contributed by atoms with van der Waals surface area (Å²) in [5, 5.41) is 20.6. The number of thiophene rings is 1. The highest BCUT2D eigenvalue weighted by Crippen LogP contribution is 2.40. The molecule has 10 heteroatoms. The zero-order valence-electron chi connectivity index (χ0n) is 16.3. The molecule has 0 bridgehead atoms. The Hall–Kier alpha value is -1.81. The highest BCUT2D eigenvalue weighted by molar-refractivity contribution is 7.92. The molecule has 2 atom stereocenters. The molecule has 2 aromatic rings. The van der Waals surface area contributed by atoms with Crippen molar-refractivity contribution >= 4 is 44.5 Å². The number of carbonyl (C=O) groups excluding carboxylic acids is 1. The molecule has 1 aliphatic carbocycles. The van der Waals surface area contributed by atoms with E-state index in [0.717, 1.165) is 37.8 Å². The van der Waals surface area contributed by atoms with Crippen LogP contribution >= 0.6 is 22.9 Å². The number of piperidine rings is 1. The summed E-state index contributed by atoms with van der Waals surface area (Å²) in [6.07, 6.45) is 4.06. The van der Waals surface area contributed by atoms with Crippen molar-refractivity contribution in [3.05, 3.63) is 39.0 Å². The second kappa shape index (κ2) is 8.74. The van der Waals surface area contributed by atoms with Crippen LogP contribution in [0.25, 0.3) is 0 Å². The number of phenolic OH excluding ortho intramolecular Hbond substituents is 1. The number of hydrogen-bond donors (Lipinski definition) is 4. The molecule has 0 radical (unpaired) electrons. The highest BCUT2D eigenvalue weighted by Gasteiger charge is 2.34. The SMILES string of the molecule is O=C(Nc1ccc(Cl)c(S(=O)(=O)C2CCCNC2)c1O)N[C@H]1CCCc2sccc21. The van der Waals surface area contributed by atoms with Gasteiger partial charge in [-0.05, 0) is 67.8 Å². The van der Waals surface area contributed by atoms with E-state index in [2.05, 4.69) is 16.0 Å². The number of amides is 2. The molecule has 2 aliphatic rings. The summed E-state index contributed by atoms with van der Waals surface area (Å²) in [6, 6.07) is 4.21. The molecule has 162 valence electrons. The lowest BCUT2D eigenvalue weighted by molar-refractivity contribution is 0.247. The van der Waals surface area contributed by atoms with Crippen molar-refractivity contribution in [1.29, 1.82) is 0 Å². The normalized spacial score (nSPS) is 21.6. The first-order chi connectivity index (χ1) is 14.4. The van der Waals surface area contributed by atoms with Crippen LogP contribution in [-0.2, 0) is 16.3 Å². The Balaban J connectivity index is 1.54. The van der Waals surface area contributed by atoms with Crippen molar-refractivity contribution in [3.63, 3.8) is 0 Å². The fourth-order valence-electron chi connectivity index (χ4n) is 4.12. The van der Waals surface area contributed by atoms with Crippen LogP contribution in [0.1, 0.15) is 42.2 Å². The Bertz CT molecular complexity index is 1050. The maximum Gasteiger partial charge on any atom is 0.319 e. The molecule has 1 saturated heterocycles. The van der Waals surface area contributed by atoms with E-state index >= 15 is 0 Å². The average molecular weight is 470 g/mol. The van der Waals surface area contributed by atoms with Crippen LogP contribution in [0.15, 0.2) is 28.5 Å². The number of nitrogens with one attached hydrogen (secondary N) is 3. The largest absolute Gasteiger partial charge is 0.504 e. The van der Waals surface area contributed by atoms with Gasteiger partial charge < -0.3 is 21.1 Å². The zero-order chi connectivity index (χ0) is 21.3. The summed E-state index contributed by atoms with van der Waals surface area (Å²) >= 11 is 7.84. The van der Waals surface area contributed by atoms with Gasteiger partial charge in [-0.2, -0.15) is 0 Å². The van der Waals surface area contributed by atoms with E-state index in [0.29, 0.717) is 13.0 Å². The summed E-state index contributed by atoms with van der Waals surface area (Å²) in [4.78, 5) is 13.5. The highest BCUT2D eigenvalue weighted by atomic mass is 35.5. The van der Waals surface area contributed by atoms with E-state index in [9.17, 15) is 18.3 Å². The topological polar surface area (TPSA) is 108 Å². The van der Waals surface area contributed by atoms with Crippen LogP contribution in [0.4, 0.5) is 10.5 Å². The summed E-state index contributed by atoms with van der Waals surface area (Å²) in [6.45, 7) is 1.07. The summed E-state index contributed by atoms with van der Waals surface area (Å²) in [7, 11) is -3.86. The van der Waals surface area contributed by atoms with Crippen molar-refractivity contribution < 1.29 is 18.3 Å².